The lowest BCUT2D eigenvalue weighted by Crippen LogP contribution is -2.31. The van der Waals surface area contributed by atoms with Crippen LogP contribution in [0.15, 0.2) is 42.5 Å². The van der Waals surface area contributed by atoms with Gasteiger partial charge < -0.3 is 10.6 Å². The van der Waals surface area contributed by atoms with E-state index in [1.165, 1.54) is 0 Å². The molecule has 7 nitrogen and oxygen atoms in total. The Labute approximate surface area is 157 Å². The van der Waals surface area contributed by atoms with Gasteiger partial charge >= 0.3 is 12.1 Å². The Morgan fingerprint density at radius 3 is 2.26 bits per heavy atom. The highest BCUT2D eigenvalue weighted by atomic mass is 16.2. The number of aryl methyl sites for hydroxylation is 2. The van der Waals surface area contributed by atoms with Crippen LogP contribution in [0.25, 0.3) is 0 Å². The van der Waals surface area contributed by atoms with Crippen LogP contribution in [-0.2, 0) is 4.79 Å². The van der Waals surface area contributed by atoms with Crippen LogP contribution in [0, 0.1) is 13.8 Å². The first kappa shape index (κ1) is 17.1. The van der Waals surface area contributed by atoms with Gasteiger partial charge in [-0.2, -0.15) is 0 Å². The van der Waals surface area contributed by atoms with Crippen molar-refractivity contribution in [1.82, 2.24) is 10.6 Å². The van der Waals surface area contributed by atoms with Crippen molar-refractivity contribution in [3.05, 3.63) is 59.2 Å². The number of carbonyl (C=O) groups excluding carboxylic acids is 3. The number of rotatable bonds is 3. The van der Waals surface area contributed by atoms with Crippen LogP contribution < -0.4 is 20.4 Å². The number of nitrogens with one attached hydrogen (secondary N) is 2. The van der Waals surface area contributed by atoms with E-state index in [0.717, 1.165) is 21.6 Å². The van der Waals surface area contributed by atoms with E-state index in [4.69, 9.17) is 0 Å². The third-order valence-electron chi connectivity index (χ3n) is 5.03. The average Bonchev–Trinajstić information content (AvgIpc) is 3.18. The van der Waals surface area contributed by atoms with Gasteiger partial charge in [0.2, 0.25) is 0 Å². The highest BCUT2D eigenvalue weighted by molar-refractivity contribution is 6.21. The Hall–Kier alpha value is -3.35. The molecule has 0 aromatic heterocycles. The summed E-state index contributed by atoms with van der Waals surface area (Å²) in [6, 6.07) is 11.3. The first-order chi connectivity index (χ1) is 13.0. The van der Waals surface area contributed by atoms with Gasteiger partial charge in [-0.1, -0.05) is 24.3 Å². The van der Waals surface area contributed by atoms with E-state index in [1.807, 2.05) is 32.0 Å². The zero-order valence-electron chi connectivity index (χ0n) is 15.2. The molecule has 2 aromatic carbocycles. The Bertz CT molecular complexity index is 936. The molecular formula is C20H20N4O3. The van der Waals surface area contributed by atoms with E-state index in [0.29, 0.717) is 24.5 Å². The minimum Gasteiger partial charge on any atom is -0.336 e. The van der Waals surface area contributed by atoms with Crippen LogP contribution in [0.1, 0.15) is 22.7 Å². The third kappa shape index (κ3) is 2.81. The molecule has 2 aliphatic rings. The second-order valence-corrected chi connectivity index (χ2v) is 6.77. The Balaban J connectivity index is 1.68. The summed E-state index contributed by atoms with van der Waals surface area (Å²) < 4.78 is 0. The lowest BCUT2D eigenvalue weighted by atomic mass is 9.96. The monoisotopic (exact) mass is 364 g/mol. The molecule has 2 saturated heterocycles. The van der Waals surface area contributed by atoms with E-state index in [1.54, 1.807) is 29.2 Å². The molecule has 0 unspecified atom stereocenters. The predicted molar refractivity (Wildman–Crippen MR) is 102 cm³/mol. The van der Waals surface area contributed by atoms with Gasteiger partial charge in [-0.05, 0) is 48.7 Å². The van der Waals surface area contributed by atoms with Crippen molar-refractivity contribution in [3.8, 4) is 0 Å². The number of urea groups is 2. The number of benzene rings is 2. The van der Waals surface area contributed by atoms with Gasteiger partial charge in [0.05, 0.1) is 5.69 Å². The molecule has 0 saturated carbocycles. The largest absolute Gasteiger partial charge is 0.336 e. The van der Waals surface area contributed by atoms with Crippen molar-refractivity contribution in [1.29, 1.82) is 0 Å². The summed E-state index contributed by atoms with van der Waals surface area (Å²) in [5.74, 6) is -0.319. The Morgan fingerprint density at radius 1 is 0.926 bits per heavy atom. The molecule has 2 aliphatic heterocycles. The van der Waals surface area contributed by atoms with Crippen LogP contribution in [0.3, 0.4) is 0 Å². The lowest BCUT2D eigenvalue weighted by Gasteiger charge is -2.19. The van der Waals surface area contributed by atoms with Crippen molar-refractivity contribution in [2.24, 2.45) is 0 Å². The molecule has 0 spiro atoms. The molecule has 0 radical (unpaired) electrons. The molecular weight excluding hydrogens is 344 g/mol. The number of nitrogens with zero attached hydrogens (tertiary/aromatic N) is 2. The number of hydrogen-bond donors (Lipinski definition) is 2. The third-order valence-corrected chi connectivity index (χ3v) is 5.03. The lowest BCUT2D eigenvalue weighted by molar-refractivity contribution is -0.118. The van der Waals surface area contributed by atoms with Crippen LogP contribution in [0.2, 0.25) is 0 Å². The maximum atomic E-state index is 13.1. The number of anilines is 2. The number of imide groups is 1. The SMILES string of the molecule is Cc1cccc(C)c1[C@@H]1NC(=O)N(c2cccc(N3CCNC3=O)c2)C1=O. The molecule has 138 valence electrons. The molecule has 4 rings (SSSR count). The molecule has 2 fully saturated rings. The average molecular weight is 364 g/mol. The highest BCUT2D eigenvalue weighted by Gasteiger charge is 2.41. The van der Waals surface area contributed by atoms with Crippen molar-refractivity contribution < 1.29 is 14.4 Å². The van der Waals surface area contributed by atoms with Gasteiger partial charge in [0.15, 0.2) is 0 Å². The number of amides is 5. The maximum Gasteiger partial charge on any atom is 0.329 e. The fourth-order valence-electron chi connectivity index (χ4n) is 3.72. The van der Waals surface area contributed by atoms with Gasteiger partial charge in [0.25, 0.3) is 5.91 Å². The standard InChI is InChI=1S/C20H20N4O3/c1-12-5-3-6-13(2)16(12)17-18(25)24(20(27)22-17)15-8-4-7-14(11-15)23-10-9-21-19(23)26/h3-8,11,17H,9-10H2,1-2H3,(H,21,26)(H,22,27)/t17-/m0/s1. The Kier molecular flexibility index (Phi) is 4.07. The van der Waals surface area contributed by atoms with Gasteiger partial charge in [0, 0.05) is 18.8 Å². The summed E-state index contributed by atoms with van der Waals surface area (Å²) in [4.78, 5) is 40.3. The van der Waals surface area contributed by atoms with E-state index < -0.39 is 12.1 Å². The van der Waals surface area contributed by atoms with Crippen molar-refractivity contribution >= 4 is 29.3 Å². The fourth-order valence-corrected chi connectivity index (χ4v) is 3.72. The predicted octanol–water partition coefficient (Wildman–Crippen LogP) is 2.63. The van der Waals surface area contributed by atoms with E-state index >= 15 is 0 Å². The quantitative estimate of drug-likeness (QED) is 0.822. The fraction of sp³-hybridized carbons (Fsp3) is 0.250. The highest BCUT2D eigenvalue weighted by Crippen LogP contribution is 2.32. The van der Waals surface area contributed by atoms with Crippen LogP contribution in [0.5, 0.6) is 0 Å². The van der Waals surface area contributed by atoms with E-state index in [-0.39, 0.29) is 11.9 Å². The molecule has 7 heteroatoms. The summed E-state index contributed by atoms with van der Waals surface area (Å²) in [5.41, 5.74) is 3.84. The first-order valence-electron chi connectivity index (χ1n) is 8.83. The summed E-state index contributed by atoms with van der Waals surface area (Å²) in [7, 11) is 0. The van der Waals surface area contributed by atoms with Gasteiger partial charge in [0.1, 0.15) is 6.04 Å². The summed E-state index contributed by atoms with van der Waals surface area (Å²) >= 11 is 0. The minimum atomic E-state index is -0.711. The van der Waals surface area contributed by atoms with Gasteiger partial charge in [-0.15, -0.1) is 0 Å². The van der Waals surface area contributed by atoms with Gasteiger partial charge in [-0.3, -0.25) is 9.69 Å². The minimum absolute atomic E-state index is 0.183. The second-order valence-electron chi connectivity index (χ2n) is 6.77. The smallest absolute Gasteiger partial charge is 0.329 e. The van der Waals surface area contributed by atoms with Crippen LogP contribution in [-0.4, -0.2) is 31.1 Å². The van der Waals surface area contributed by atoms with Crippen molar-refractivity contribution in [3.63, 3.8) is 0 Å². The van der Waals surface area contributed by atoms with Crippen molar-refractivity contribution in [2.75, 3.05) is 22.9 Å². The van der Waals surface area contributed by atoms with Gasteiger partial charge in [-0.25, -0.2) is 14.5 Å². The zero-order chi connectivity index (χ0) is 19.1. The van der Waals surface area contributed by atoms with E-state index in [9.17, 15) is 14.4 Å². The zero-order valence-corrected chi connectivity index (χ0v) is 15.2. The molecule has 2 N–H and O–H groups in total. The molecule has 1 atom stereocenters. The number of carbonyl (C=O) groups is 3. The van der Waals surface area contributed by atoms with E-state index in [2.05, 4.69) is 10.6 Å². The molecule has 27 heavy (non-hydrogen) atoms. The summed E-state index contributed by atoms with van der Waals surface area (Å²) in [6.07, 6.45) is 0. The molecule has 0 aliphatic carbocycles. The van der Waals surface area contributed by atoms with Crippen LogP contribution >= 0.6 is 0 Å². The summed E-state index contributed by atoms with van der Waals surface area (Å²) in [5, 5.41) is 5.54. The Morgan fingerprint density at radius 2 is 1.59 bits per heavy atom. The molecule has 0 bridgehead atoms. The summed E-state index contributed by atoms with van der Waals surface area (Å²) in [6.45, 7) is 4.97. The molecule has 2 heterocycles. The van der Waals surface area contributed by atoms with Crippen molar-refractivity contribution in [2.45, 2.75) is 19.9 Å². The first-order valence-corrected chi connectivity index (χ1v) is 8.83. The maximum absolute atomic E-state index is 13.1. The topological polar surface area (TPSA) is 81.8 Å². The molecule has 2 aromatic rings. The molecule has 5 amide bonds. The normalized spacial score (nSPS) is 19.5. The van der Waals surface area contributed by atoms with Crippen LogP contribution in [0.4, 0.5) is 21.0 Å². The second kappa shape index (κ2) is 6.42. The number of hydrogen-bond acceptors (Lipinski definition) is 3.